The van der Waals surface area contributed by atoms with Gasteiger partial charge in [-0.15, -0.1) is 0 Å². The maximum atomic E-state index is 2.47. The summed E-state index contributed by atoms with van der Waals surface area (Å²) in [7, 11) is 0. The summed E-state index contributed by atoms with van der Waals surface area (Å²) in [6.07, 6.45) is 9.55. The molecule has 5 rings (SSSR count). The number of aryl methyl sites for hydroxylation is 2. The Kier molecular flexibility index (Phi) is 5.47. The van der Waals surface area contributed by atoms with Crippen LogP contribution in [-0.4, -0.2) is 0 Å². The first-order chi connectivity index (χ1) is 15.5. The Hall–Kier alpha value is -3.12. The van der Waals surface area contributed by atoms with Crippen molar-refractivity contribution in [1.29, 1.82) is 0 Å². The van der Waals surface area contributed by atoms with Crippen LogP contribution >= 0.6 is 0 Å². The van der Waals surface area contributed by atoms with Crippen molar-refractivity contribution in [3.63, 3.8) is 0 Å². The molecule has 1 aliphatic carbocycles. The van der Waals surface area contributed by atoms with Crippen LogP contribution in [0.2, 0.25) is 0 Å². The summed E-state index contributed by atoms with van der Waals surface area (Å²) < 4.78 is 0. The van der Waals surface area contributed by atoms with E-state index in [0.717, 1.165) is 6.42 Å². The van der Waals surface area contributed by atoms with E-state index in [0.29, 0.717) is 0 Å². The lowest BCUT2D eigenvalue weighted by Gasteiger charge is -2.32. The largest absolute Gasteiger partial charge is 0.0885 e. The lowest BCUT2D eigenvalue weighted by Crippen LogP contribution is -2.22. The van der Waals surface area contributed by atoms with Gasteiger partial charge in [-0.1, -0.05) is 97.4 Å². The third-order valence-electron chi connectivity index (χ3n) is 7.31. The highest BCUT2D eigenvalue weighted by atomic mass is 14.3. The van der Waals surface area contributed by atoms with Gasteiger partial charge in [-0.2, -0.15) is 0 Å². The third-order valence-corrected chi connectivity index (χ3v) is 7.31. The molecule has 0 heterocycles. The van der Waals surface area contributed by atoms with Gasteiger partial charge in [0.1, 0.15) is 0 Å². The summed E-state index contributed by atoms with van der Waals surface area (Å²) in [5.41, 5.74) is 9.64. The van der Waals surface area contributed by atoms with Crippen LogP contribution in [0.4, 0.5) is 0 Å². The number of hydrogen-bond acceptors (Lipinski definition) is 0. The zero-order valence-electron chi connectivity index (χ0n) is 19.5. The molecule has 0 saturated carbocycles. The maximum absolute atomic E-state index is 2.47. The van der Waals surface area contributed by atoms with E-state index in [1.165, 1.54) is 69.0 Å². The smallest absolute Gasteiger partial charge is 0.00343 e. The van der Waals surface area contributed by atoms with Gasteiger partial charge in [0.05, 0.1) is 0 Å². The first-order valence-corrected chi connectivity index (χ1v) is 11.9. The zero-order valence-corrected chi connectivity index (χ0v) is 19.5. The van der Waals surface area contributed by atoms with Crippen molar-refractivity contribution >= 4 is 10.8 Å². The summed E-state index contributed by atoms with van der Waals surface area (Å²) in [6.45, 7) is 6.87. The first kappa shape index (κ1) is 20.8. The van der Waals surface area contributed by atoms with E-state index in [-0.39, 0.29) is 5.41 Å². The second-order valence-corrected chi connectivity index (χ2v) is 9.73. The van der Waals surface area contributed by atoms with Gasteiger partial charge in [-0.05, 0) is 95.2 Å². The number of allylic oxidation sites excluding steroid dienone is 2. The van der Waals surface area contributed by atoms with Crippen LogP contribution < -0.4 is 0 Å². The highest BCUT2D eigenvalue weighted by Gasteiger charge is 2.30. The fourth-order valence-corrected chi connectivity index (χ4v) is 5.30. The van der Waals surface area contributed by atoms with Crippen LogP contribution in [0.5, 0.6) is 0 Å². The van der Waals surface area contributed by atoms with Gasteiger partial charge < -0.3 is 0 Å². The van der Waals surface area contributed by atoms with Gasteiger partial charge in [0.25, 0.3) is 0 Å². The number of rotatable bonds is 3. The van der Waals surface area contributed by atoms with Gasteiger partial charge >= 0.3 is 0 Å². The summed E-state index contributed by atoms with van der Waals surface area (Å²) >= 11 is 0. The molecule has 0 aliphatic heterocycles. The minimum absolute atomic E-state index is 0.151. The summed E-state index contributed by atoms with van der Waals surface area (Å²) in [5, 5.41) is 2.68. The SMILES string of the molecule is Cc1ccc(-c2ccc(C)c(-c3c(C4(C)CC=CCCC4)ccc4ccccc34)c2)cc1. The molecule has 1 atom stereocenters. The van der Waals surface area contributed by atoms with Gasteiger partial charge in [0.2, 0.25) is 0 Å². The molecule has 0 bridgehead atoms. The van der Waals surface area contributed by atoms with E-state index in [1.54, 1.807) is 0 Å². The molecule has 160 valence electrons. The fourth-order valence-electron chi connectivity index (χ4n) is 5.30. The van der Waals surface area contributed by atoms with Gasteiger partial charge in [-0.25, -0.2) is 0 Å². The monoisotopic (exact) mass is 416 g/mol. The average molecular weight is 417 g/mol. The molecule has 0 fully saturated rings. The van der Waals surface area contributed by atoms with Crippen molar-refractivity contribution in [3.8, 4) is 22.3 Å². The van der Waals surface area contributed by atoms with Crippen molar-refractivity contribution in [1.82, 2.24) is 0 Å². The fraction of sp³-hybridized carbons (Fsp3) is 0.250. The van der Waals surface area contributed by atoms with E-state index < -0.39 is 0 Å². The summed E-state index contributed by atoms with van der Waals surface area (Å²) in [5.74, 6) is 0. The Morgan fingerprint density at radius 3 is 2.38 bits per heavy atom. The Morgan fingerprint density at radius 1 is 0.750 bits per heavy atom. The Bertz CT molecular complexity index is 1290. The predicted octanol–water partition coefficient (Wildman–Crippen LogP) is 9.18. The van der Waals surface area contributed by atoms with Crippen molar-refractivity contribution in [2.75, 3.05) is 0 Å². The van der Waals surface area contributed by atoms with E-state index in [9.17, 15) is 0 Å². The predicted molar refractivity (Wildman–Crippen MR) is 139 cm³/mol. The minimum atomic E-state index is 0.151. The van der Waals surface area contributed by atoms with Crippen LogP contribution in [0.25, 0.3) is 33.0 Å². The number of benzene rings is 4. The standard InChI is InChI=1S/C32H32/c1-23-12-15-25(16-13-23)27-17-14-24(2)29(22-27)31-28-11-7-6-10-26(28)18-19-30(31)32(3)20-8-4-5-9-21-32/h4,6-8,10-19,22H,5,9,20-21H2,1-3H3. The quantitative estimate of drug-likeness (QED) is 0.292. The molecule has 0 spiro atoms. The number of fused-ring (bicyclic) bond motifs is 1. The second-order valence-electron chi connectivity index (χ2n) is 9.73. The Morgan fingerprint density at radius 2 is 1.53 bits per heavy atom. The van der Waals surface area contributed by atoms with Crippen molar-refractivity contribution < 1.29 is 0 Å². The van der Waals surface area contributed by atoms with Gasteiger partial charge in [-0.3, -0.25) is 0 Å². The molecule has 0 amide bonds. The highest BCUT2D eigenvalue weighted by molar-refractivity contribution is 6.00. The zero-order chi connectivity index (χ0) is 22.1. The van der Waals surface area contributed by atoms with E-state index in [1.807, 2.05) is 0 Å². The highest BCUT2D eigenvalue weighted by Crippen LogP contribution is 2.45. The van der Waals surface area contributed by atoms with E-state index in [4.69, 9.17) is 0 Å². The average Bonchev–Trinajstić information content (AvgIpc) is 3.04. The molecule has 4 aromatic rings. The van der Waals surface area contributed by atoms with Crippen LogP contribution in [0.15, 0.2) is 91.0 Å². The maximum Gasteiger partial charge on any atom is -0.00343 e. The van der Waals surface area contributed by atoms with Crippen molar-refractivity contribution in [3.05, 3.63) is 108 Å². The second kappa shape index (κ2) is 8.43. The van der Waals surface area contributed by atoms with Gasteiger partial charge in [0.15, 0.2) is 0 Å². The molecule has 32 heavy (non-hydrogen) atoms. The van der Waals surface area contributed by atoms with Gasteiger partial charge in [0, 0.05) is 0 Å². The molecular formula is C32H32. The molecule has 0 heteroatoms. The third kappa shape index (κ3) is 3.79. The molecule has 4 aromatic carbocycles. The lowest BCUT2D eigenvalue weighted by atomic mass is 9.72. The molecule has 0 N–H and O–H groups in total. The minimum Gasteiger partial charge on any atom is -0.0885 e. The van der Waals surface area contributed by atoms with Crippen LogP contribution in [0.3, 0.4) is 0 Å². The normalized spacial score (nSPS) is 18.6. The molecular weight excluding hydrogens is 384 g/mol. The molecule has 0 radical (unpaired) electrons. The summed E-state index contributed by atoms with van der Waals surface area (Å²) in [6, 6.07) is 29.5. The van der Waals surface area contributed by atoms with E-state index >= 15 is 0 Å². The Balaban J connectivity index is 1.77. The lowest BCUT2D eigenvalue weighted by molar-refractivity contribution is 0.436. The number of hydrogen-bond donors (Lipinski definition) is 0. The van der Waals surface area contributed by atoms with Crippen molar-refractivity contribution in [2.45, 2.75) is 51.9 Å². The van der Waals surface area contributed by atoms with Crippen LogP contribution in [0.1, 0.15) is 49.3 Å². The summed E-state index contributed by atoms with van der Waals surface area (Å²) in [4.78, 5) is 0. The molecule has 0 nitrogen and oxygen atoms in total. The van der Waals surface area contributed by atoms with Crippen molar-refractivity contribution in [2.24, 2.45) is 0 Å². The molecule has 1 aliphatic rings. The first-order valence-electron chi connectivity index (χ1n) is 11.9. The molecule has 0 saturated heterocycles. The van der Waals surface area contributed by atoms with Crippen LogP contribution in [-0.2, 0) is 5.41 Å². The van der Waals surface area contributed by atoms with E-state index in [2.05, 4.69) is 112 Å². The topological polar surface area (TPSA) is 0 Å². The van der Waals surface area contributed by atoms with Crippen LogP contribution in [0, 0.1) is 13.8 Å². The Labute approximate surface area is 192 Å². The molecule has 1 unspecified atom stereocenters. The molecule has 0 aromatic heterocycles.